The lowest BCUT2D eigenvalue weighted by molar-refractivity contribution is 0.0955. The van der Waals surface area contributed by atoms with E-state index in [0.717, 1.165) is 0 Å². The molecule has 1 aromatic heterocycles. The number of rotatable bonds is 6. The summed E-state index contributed by atoms with van der Waals surface area (Å²) in [5.74, 6) is 1.26. The van der Waals surface area contributed by atoms with Crippen molar-refractivity contribution in [1.29, 1.82) is 0 Å². The summed E-state index contributed by atoms with van der Waals surface area (Å²) in [6.07, 6.45) is 4.53. The van der Waals surface area contributed by atoms with Crippen molar-refractivity contribution in [3.05, 3.63) is 47.8 Å². The first-order valence-electron chi connectivity index (χ1n) is 6.73. The van der Waals surface area contributed by atoms with Gasteiger partial charge in [0.15, 0.2) is 11.5 Å². The van der Waals surface area contributed by atoms with Gasteiger partial charge in [0.2, 0.25) is 0 Å². The van der Waals surface area contributed by atoms with Crippen LogP contribution in [0.3, 0.4) is 0 Å². The molecular formula is C16H17N3O4. The Morgan fingerprint density at radius 3 is 2.48 bits per heavy atom. The van der Waals surface area contributed by atoms with E-state index in [1.807, 2.05) is 0 Å². The Morgan fingerprint density at radius 1 is 1.13 bits per heavy atom. The molecule has 0 aliphatic heterocycles. The number of nitrogens with one attached hydrogen (secondary N) is 1. The van der Waals surface area contributed by atoms with Crippen molar-refractivity contribution >= 4 is 12.1 Å². The average Bonchev–Trinajstić information content (AvgIpc) is 2.61. The van der Waals surface area contributed by atoms with E-state index in [2.05, 4.69) is 15.5 Å². The fraction of sp³-hybridized carbons (Fsp3) is 0.188. The number of hydrogen-bond donors (Lipinski definition) is 1. The van der Waals surface area contributed by atoms with Gasteiger partial charge in [-0.05, 0) is 18.2 Å². The van der Waals surface area contributed by atoms with E-state index in [0.29, 0.717) is 28.4 Å². The molecule has 0 saturated heterocycles. The van der Waals surface area contributed by atoms with Crippen LogP contribution >= 0.6 is 0 Å². The lowest BCUT2D eigenvalue weighted by atomic mass is 10.2. The van der Waals surface area contributed by atoms with Crippen LogP contribution in [0.15, 0.2) is 41.8 Å². The van der Waals surface area contributed by atoms with Gasteiger partial charge in [-0.25, -0.2) is 5.43 Å². The van der Waals surface area contributed by atoms with E-state index in [4.69, 9.17) is 14.2 Å². The number of carbonyl (C=O) groups excluding carboxylic acids is 1. The quantitative estimate of drug-likeness (QED) is 0.650. The van der Waals surface area contributed by atoms with E-state index in [1.54, 1.807) is 31.4 Å². The molecule has 0 saturated carbocycles. The summed E-state index contributed by atoms with van der Waals surface area (Å²) in [7, 11) is 4.61. The second-order valence-electron chi connectivity index (χ2n) is 4.39. The van der Waals surface area contributed by atoms with Gasteiger partial charge in [-0.3, -0.25) is 9.78 Å². The van der Waals surface area contributed by atoms with Crippen LogP contribution in [0.2, 0.25) is 0 Å². The van der Waals surface area contributed by atoms with Crippen LogP contribution in [0.4, 0.5) is 0 Å². The third-order valence-electron chi connectivity index (χ3n) is 3.03. The average molecular weight is 315 g/mol. The molecular weight excluding hydrogens is 298 g/mol. The molecule has 7 heteroatoms. The highest BCUT2D eigenvalue weighted by Gasteiger charge is 2.12. The van der Waals surface area contributed by atoms with Crippen molar-refractivity contribution in [3.63, 3.8) is 0 Å². The van der Waals surface area contributed by atoms with Crippen LogP contribution in [0.25, 0.3) is 0 Å². The lowest BCUT2D eigenvalue weighted by Crippen LogP contribution is -2.17. The topological polar surface area (TPSA) is 82.0 Å². The van der Waals surface area contributed by atoms with Crippen LogP contribution in [0.5, 0.6) is 17.2 Å². The zero-order valence-corrected chi connectivity index (χ0v) is 13.1. The molecule has 0 atom stereocenters. The van der Waals surface area contributed by atoms with E-state index in [1.165, 1.54) is 32.8 Å². The van der Waals surface area contributed by atoms with Crippen molar-refractivity contribution in [2.45, 2.75) is 0 Å². The summed E-state index contributed by atoms with van der Waals surface area (Å²) in [5.41, 5.74) is 3.51. The van der Waals surface area contributed by atoms with Gasteiger partial charge in [-0.15, -0.1) is 0 Å². The van der Waals surface area contributed by atoms with Gasteiger partial charge in [-0.2, -0.15) is 5.10 Å². The summed E-state index contributed by atoms with van der Waals surface area (Å²) in [6.45, 7) is 0. The Morgan fingerprint density at radius 2 is 1.87 bits per heavy atom. The standard InChI is InChI=1S/C16H17N3O4/c1-21-13-8-12(15(23-3)14(9-13)22-2)10-18-19-16(20)11-4-6-17-7-5-11/h4-10H,1-3H3,(H,19,20). The van der Waals surface area contributed by atoms with Gasteiger partial charge in [0.25, 0.3) is 5.91 Å². The predicted molar refractivity (Wildman–Crippen MR) is 85.4 cm³/mol. The molecule has 0 radical (unpaired) electrons. The molecule has 7 nitrogen and oxygen atoms in total. The van der Waals surface area contributed by atoms with Crippen molar-refractivity contribution in [3.8, 4) is 17.2 Å². The van der Waals surface area contributed by atoms with Crippen molar-refractivity contribution in [1.82, 2.24) is 10.4 Å². The molecule has 23 heavy (non-hydrogen) atoms. The number of amides is 1. The maximum atomic E-state index is 11.9. The number of methoxy groups -OCH3 is 3. The van der Waals surface area contributed by atoms with Gasteiger partial charge in [-0.1, -0.05) is 0 Å². The number of hydrazone groups is 1. The molecule has 0 aliphatic rings. The van der Waals surface area contributed by atoms with Gasteiger partial charge >= 0.3 is 0 Å². The predicted octanol–water partition coefficient (Wildman–Crippen LogP) is 1.87. The normalized spacial score (nSPS) is 10.4. The summed E-state index contributed by atoms with van der Waals surface area (Å²) in [5, 5.41) is 3.94. The first kappa shape index (κ1) is 16.3. The molecule has 120 valence electrons. The number of hydrogen-bond acceptors (Lipinski definition) is 6. The minimum Gasteiger partial charge on any atom is -0.497 e. The molecule has 0 spiro atoms. The molecule has 1 N–H and O–H groups in total. The highest BCUT2D eigenvalue weighted by molar-refractivity contribution is 5.95. The number of pyridine rings is 1. The van der Waals surface area contributed by atoms with Gasteiger partial charge < -0.3 is 14.2 Å². The minimum absolute atomic E-state index is 0.336. The fourth-order valence-electron chi connectivity index (χ4n) is 1.91. The van der Waals surface area contributed by atoms with Crippen molar-refractivity contribution in [2.24, 2.45) is 5.10 Å². The number of carbonyl (C=O) groups is 1. The minimum atomic E-state index is -0.336. The van der Waals surface area contributed by atoms with E-state index in [-0.39, 0.29) is 5.91 Å². The Balaban J connectivity index is 2.20. The summed E-state index contributed by atoms with van der Waals surface area (Å²) in [4.78, 5) is 15.8. The Bertz CT molecular complexity index is 702. The maximum Gasteiger partial charge on any atom is 0.271 e. The van der Waals surface area contributed by atoms with Crippen LogP contribution in [0.1, 0.15) is 15.9 Å². The summed E-state index contributed by atoms with van der Waals surface area (Å²) >= 11 is 0. The monoisotopic (exact) mass is 315 g/mol. The van der Waals surface area contributed by atoms with Gasteiger partial charge in [0.1, 0.15) is 5.75 Å². The van der Waals surface area contributed by atoms with Crippen LogP contribution in [0, 0.1) is 0 Å². The molecule has 0 aliphatic carbocycles. The third kappa shape index (κ3) is 3.97. The molecule has 1 heterocycles. The Hall–Kier alpha value is -3.09. The molecule has 0 unspecified atom stereocenters. The molecule has 2 aromatic rings. The van der Waals surface area contributed by atoms with Crippen LogP contribution in [-0.4, -0.2) is 38.4 Å². The van der Waals surface area contributed by atoms with Crippen molar-refractivity contribution < 1.29 is 19.0 Å². The largest absolute Gasteiger partial charge is 0.497 e. The summed E-state index contributed by atoms with van der Waals surface area (Å²) in [6, 6.07) is 6.62. The van der Waals surface area contributed by atoms with Crippen LogP contribution in [-0.2, 0) is 0 Å². The first-order chi connectivity index (χ1) is 11.2. The molecule has 1 amide bonds. The van der Waals surface area contributed by atoms with Crippen molar-refractivity contribution in [2.75, 3.05) is 21.3 Å². The number of ether oxygens (including phenoxy) is 3. The second-order valence-corrected chi connectivity index (χ2v) is 4.39. The zero-order chi connectivity index (χ0) is 16.7. The van der Waals surface area contributed by atoms with E-state index >= 15 is 0 Å². The Kier molecular flexibility index (Phi) is 5.51. The van der Waals surface area contributed by atoms with E-state index < -0.39 is 0 Å². The molecule has 1 aromatic carbocycles. The number of aromatic nitrogens is 1. The highest BCUT2D eigenvalue weighted by Crippen LogP contribution is 2.34. The second kappa shape index (κ2) is 7.79. The number of benzene rings is 1. The van der Waals surface area contributed by atoms with E-state index in [9.17, 15) is 4.79 Å². The molecule has 2 rings (SSSR count). The SMILES string of the molecule is COc1cc(C=NNC(=O)c2ccncc2)c(OC)c(OC)c1. The van der Waals surface area contributed by atoms with Crippen LogP contribution < -0.4 is 19.6 Å². The smallest absolute Gasteiger partial charge is 0.271 e. The third-order valence-corrected chi connectivity index (χ3v) is 3.03. The van der Waals surface area contributed by atoms with Gasteiger partial charge in [0.05, 0.1) is 27.5 Å². The maximum absolute atomic E-state index is 11.9. The lowest BCUT2D eigenvalue weighted by Gasteiger charge is -2.12. The molecule has 0 bridgehead atoms. The Labute approximate surface area is 133 Å². The first-order valence-corrected chi connectivity index (χ1v) is 6.73. The fourth-order valence-corrected chi connectivity index (χ4v) is 1.91. The summed E-state index contributed by atoms with van der Waals surface area (Å²) < 4.78 is 15.8. The number of nitrogens with zero attached hydrogens (tertiary/aromatic N) is 2. The van der Waals surface area contributed by atoms with Gasteiger partial charge in [0, 0.05) is 29.6 Å². The highest BCUT2D eigenvalue weighted by atomic mass is 16.5. The molecule has 0 fully saturated rings. The zero-order valence-electron chi connectivity index (χ0n) is 13.1.